The van der Waals surface area contributed by atoms with Crippen molar-refractivity contribution >= 4 is 18.0 Å². The summed E-state index contributed by atoms with van der Waals surface area (Å²) in [6.07, 6.45) is 12.9. The first-order chi connectivity index (χ1) is 16.7. The van der Waals surface area contributed by atoms with Gasteiger partial charge in [-0.25, -0.2) is 5.43 Å². The van der Waals surface area contributed by atoms with Crippen molar-refractivity contribution in [1.82, 2.24) is 10.7 Å². The second-order valence-electron chi connectivity index (χ2n) is 8.46. The molecule has 2 rings (SSSR count). The van der Waals surface area contributed by atoms with Gasteiger partial charge < -0.3 is 10.1 Å². The van der Waals surface area contributed by atoms with Crippen molar-refractivity contribution in [3.05, 3.63) is 65.7 Å². The number of para-hydroxylation sites is 1. The van der Waals surface area contributed by atoms with Crippen LogP contribution in [0.5, 0.6) is 5.75 Å². The molecule has 2 aromatic rings. The maximum atomic E-state index is 12.0. The van der Waals surface area contributed by atoms with Crippen LogP contribution in [0.1, 0.15) is 82.3 Å². The number of nitrogens with zero attached hydrogens (tertiary/aromatic N) is 1. The zero-order chi connectivity index (χ0) is 24.3. The van der Waals surface area contributed by atoms with Crippen molar-refractivity contribution in [2.75, 3.05) is 6.54 Å². The maximum absolute atomic E-state index is 12.0. The molecule has 2 aromatic carbocycles. The minimum absolute atomic E-state index is 0.0836. The zero-order valence-corrected chi connectivity index (χ0v) is 20.4. The van der Waals surface area contributed by atoms with E-state index in [1.165, 1.54) is 44.9 Å². The van der Waals surface area contributed by atoms with Gasteiger partial charge in [-0.1, -0.05) is 101 Å². The number of rotatable bonds is 17. The highest BCUT2D eigenvalue weighted by atomic mass is 16.5. The molecule has 0 unspecified atom stereocenters. The van der Waals surface area contributed by atoms with Crippen LogP contribution in [0.2, 0.25) is 0 Å². The van der Waals surface area contributed by atoms with Gasteiger partial charge in [-0.05, 0) is 24.1 Å². The fourth-order valence-electron chi connectivity index (χ4n) is 3.53. The number of carbonyl (C=O) groups excluding carboxylic acids is 2. The van der Waals surface area contributed by atoms with Gasteiger partial charge in [0.05, 0.1) is 12.8 Å². The monoisotopic (exact) mass is 465 g/mol. The molecule has 0 aliphatic carbocycles. The van der Waals surface area contributed by atoms with Crippen LogP contribution in [0.4, 0.5) is 0 Å². The van der Waals surface area contributed by atoms with Crippen LogP contribution < -0.4 is 15.5 Å². The number of hydrogen-bond acceptors (Lipinski definition) is 4. The van der Waals surface area contributed by atoms with Crippen LogP contribution in [0, 0.1) is 0 Å². The van der Waals surface area contributed by atoms with E-state index in [9.17, 15) is 9.59 Å². The molecule has 0 spiro atoms. The number of hydrazone groups is 1. The number of nitrogens with one attached hydrogen (secondary N) is 2. The van der Waals surface area contributed by atoms with Crippen LogP contribution >= 0.6 is 0 Å². The van der Waals surface area contributed by atoms with E-state index >= 15 is 0 Å². The van der Waals surface area contributed by atoms with Gasteiger partial charge in [0, 0.05) is 12.0 Å². The summed E-state index contributed by atoms with van der Waals surface area (Å²) in [5, 5.41) is 6.66. The van der Waals surface area contributed by atoms with Crippen LogP contribution in [-0.4, -0.2) is 24.6 Å². The molecule has 0 fully saturated rings. The number of ether oxygens (including phenoxy) is 1. The van der Waals surface area contributed by atoms with Crippen LogP contribution in [0.25, 0.3) is 0 Å². The normalized spacial score (nSPS) is 10.9. The lowest BCUT2D eigenvalue weighted by atomic mass is 10.1. The molecule has 0 atom stereocenters. The van der Waals surface area contributed by atoms with Crippen molar-refractivity contribution < 1.29 is 14.3 Å². The highest BCUT2D eigenvalue weighted by Crippen LogP contribution is 2.17. The Morgan fingerprint density at radius 2 is 1.47 bits per heavy atom. The Hall–Kier alpha value is -3.15. The second-order valence-corrected chi connectivity index (χ2v) is 8.46. The molecule has 34 heavy (non-hydrogen) atoms. The standard InChI is InChI=1S/C28H39N3O3/c1-2-3-4-5-6-7-8-9-13-20-27(32)29-22-28(33)31-30-21-25-18-14-15-19-26(25)34-23-24-16-11-10-12-17-24/h10-12,14-19,21H,2-9,13,20,22-23H2,1H3,(H,29,32)(H,31,33)/b30-21+. The van der Waals surface area contributed by atoms with Gasteiger partial charge in [0.2, 0.25) is 5.91 Å². The van der Waals surface area contributed by atoms with E-state index in [4.69, 9.17) is 4.74 Å². The van der Waals surface area contributed by atoms with Gasteiger partial charge in [-0.15, -0.1) is 0 Å². The van der Waals surface area contributed by atoms with E-state index in [0.29, 0.717) is 18.8 Å². The summed E-state index contributed by atoms with van der Waals surface area (Å²) >= 11 is 0. The highest BCUT2D eigenvalue weighted by Gasteiger charge is 2.05. The Bertz CT molecular complexity index is 868. The highest BCUT2D eigenvalue weighted by molar-refractivity contribution is 5.87. The minimum Gasteiger partial charge on any atom is -0.488 e. The lowest BCUT2D eigenvalue weighted by Crippen LogP contribution is -2.34. The van der Waals surface area contributed by atoms with Crippen LogP contribution in [0.3, 0.4) is 0 Å². The summed E-state index contributed by atoms with van der Waals surface area (Å²) in [6, 6.07) is 17.4. The summed E-state index contributed by atoms with van der Waals surface area (Å²) in [5.41, 5.74) is 4.28. The quantitative estimate of drug-likeness (QED) is 0.177. The predicted molar refractivity (Wildman–Crippen MR) is 138 cm³/mol. The number of hydrogen-bond donors (Lipinski definition) is 2. The van der Waals surface area contributed by atoms with Crippen molar-refractivity contribution in [3.63, 3.8) is 0 Å². The Morgan fingerprint density at radius 3 is 2.21 bits per heavy atom. The minimum atomic E-state index is -0.362. The summed E-state index contributed by atoms with van der Waals surface area (Å²) in [6.45, 7) is 2.59. The van der Waals surface area contributed by atoms with Gasteiger partial charge in [-0.2, -0.15) is 5.10 Å². The molecule has 6 nitrogen and oxygen atoms in total. The average Bonchev–Trinajstić information content (AvgIpc) is 2.86. The van der Waals surface area contributed by atoms with Crippen LogP contribution in [0.15, 0.2) is 59.7 Å². The number of carbonyl (C=O) groups is 2. The van der Waals surface area contributed by atoms with E-state index in [0.717, 1.165) is 24.0 Å². The zero-order valence-electron chi connectivity index (χ0n) is 20.4. The van der Waals surface area contributed by atoms with Gasteiger partial charge >= 0.3 is 0 Å². The van der Waals surface area contributed by atoms with Crippen molar-refractivity contribution in [1.29, 1.82) is 0 Å². The topological polar surface area (TPSA) is 79.8 Å². The number of unbranched alkanes of at least 4 members (excludes halogenated alkanes) is 8. The molecule has 0 bridgehead atoms. The summed E-state index contributed by atoms with van der Waals surface area (Å²) in [5.74, 6) is 0.222. The number of amides is 2. The van der Waals surface area contributed by atoms with E-state index in [1.54, 1.807) is 6.21 Å². The van der Waals surface area contributed by atoms with Crippen molar-refractivity contribution in [2.24, 2.45) is 5.10 Å². The van der Waals surface area contributed by atoms with E-state index in [1.807, 2.05) is 54.6 Å². The van der Waals surface area contributed by atoms with E-state index < -0.39 is 0 Å². The van der Waals surface area contributed by atoms with Gasteiger partial charge in [0.1, 0.15) is 12.4 Å². The van der Waals surface area contributed by atoms with Crippen molar-refractivity contribution in [3.8, 4) is 5.75 Å². The molecule has 6 heteroatoms. The Kier molecular flexibility index (Phi) is 13.8. The molecule has 0 aliphatic heterocycles. The molecule has 0 saturated carbocycles. The lowest BCUT2D eigenvalue weighted by Gasteiger charge is -2.09. The summed E-state index contributed by atoms with van der Waals surface area (Å²) in [7, 11) is 0. The third kappa shape index (κ3) is 12.2. The second kappa shape index (κ2) is 17.3. The number of benzene rings is 2. The SMILES string of the molecule is CCCCCCCCCCCC(=O)NCC(=O)N/N=C/c1ccccc1OCc1ccccc1. The summed E-state index contributed by atoms with van der Waals surface area (Å²) in [4.78, 5) is 23.9. The Balaban J connectivity index is 1.59. The maximum Gasteiger partial charge on any atom is 0.259 e. The lowest BCUT2D eigenvalue weighted by molar-refractivity contribution is -0.126. The van der Waals surface area contributed by atoms with Gasteiger partial charge in [0.25, 0.3) is 5.91 Å². The van der Waals surface area contributed by atoms with Gasteiger partial charge in [0.15, 0.2) is 0 Å². The largest absolute Gasteiger partial charge is 0.488 e. The first-order valence-electron chi connectivity index (χ1n) is 12.5. The predicted octanol–water partition coefficient (Wildman–Crippen LogP) is 5.75. The van der Waals surface area contributed by atoms with E-state index in [-0.39, 0.29) is 18.4 Å². The molecular weight excluding hydrogens is 426 g/mol. The fraction of sp³-hybridized carbons (Fsp3) is 0.464. The van der Waals surface area contributed by atoms with Gasteiger partial charge in [-0.3, -0.25) is 9.59 Å². The molecule has 0 aromatic heterocycles. The average molecular weight is 466 g/mol. The van der Waals surface area contributed by atoms with Crippen LogP contribution in [-0.2, 0) is 16.2 Å². The molecule has 0 saturated heterocycles. The molecule has 0 aliphatic rings. The van der Waals surface area contributed by atoms with Crippen molar-refractivity contribution in [2.45, 2.75) is 77.7 Å². The molecule has 184 valence electrons. The third-order valence-electron chi connectivity index (χ3n) is 5.50. The molecule has 0 heterocycles. The fourth-order valence-corrected chi connectivity index (χ4v) is 3.53. The first-order valence-corrected chi connectivity index (χ1v) is 12.5. The Labute approximate surface area is 204 Å². The summed E-state index contributed by atoms with van der Waals surface area (Å²) < 4.78 is 5.88. The Morgan fingerprint density at radius 1 is 0.824 bits per heavy atom. The molecule has 2 amide bonds. The van der Waals surface area contributed by atoms with E-state index in [2.05, 4.69) is 22.8 Å². The molecule has 2 N–H and O–H groups in total. The third-order valence-corrected chi connectivity index (χ3v) is 5.50. The molecular formula is C28H39N3O3. The molecule has 0 radical (unpaired) electrons. The first kappa shape index (κ1) is 27.1. The smallest absolute Gasteiger partial charge is 0.259 e.